The van der Waals surface area contributed by atoms with Crippen LogP contribution in [0.4, 0.5) is 4.39 Å². The standard InChI is InChI=1S/C14H15FN4OS/c1-2-12-17-13(19-18-12)14(20)16-10-5-6-21-11-4-3-8(15)7-9(10)11/h3-4,7,10H,2,5-6H2,1H3,(H,16,20)(H,17,18,19). The Bertz CT molecular complexity index is 673. The molecule has 0 saturated carbocycles. The normalized spacial score (nSPS) is 17.3. The van der Waals surface area contributed by atoms with Gasteiger partial charge in [0.05, 0.1) is 6.04 Å². The molecule has 5 nitrogen and oxygen atoms in total. The number of amides is 1. The van der Waals surface area contributed by atoms with Crippen LogP contribution in [0.25, 0.3) is 0 Å². The van der Waals surface area contributed by atoms with Gasteiger partial charge < -0.3 is 5.32 Å². The zero-order chi connectivity index (χ0) is 14.8. The lowest BCUT2D eigenvalue weighted by atomic mass is 10.0. The lowest BCUT2D eigenvalue weighted by Crippen LogP contribution is -2.31. The second-order valence-electron chi connectivity index (χ2n) is 4.80. The highest BCUT2D eigenvalue weighted by Crippen LogP contribution is 2.36. The molecule has 2 N–H and O–H groups in total. The molecule has 1 aromatic carbocycles. The van der Waals surface area contributed by atoms with Gasteiger partial charge in [0.2, 0.25) is 5.82 Å². The van der Waals surface area contributed by atoms with E-state index in [1.807, 2.05) is 6.92 Å². The van der Waals surface area contributed by atoms with Gasteiger partial charge in [0.15, 0.2) is 0 Å². The van der Waals surface area contributed by atoms with Crippen LogP contribution < -0.4 is 5.32 Å². The molecule has 7 heteroatoms. The minimum atomic E-state index is -0.335. The molecule has 1 amide bonds. The molecule has 2 aromatic rings. The molecule has 0 fully saturated rings. The third kappa shape index (κ3) is 2.92. The molecule has 2 heterocycles. The van der Waals surface area contributed by atoms with E-state index >= 15 is 0 Å². The largest absolute Gasteiger partial charge is 0.342 e. The highest BCUT2D eigenvalue weighted by Gasteiger charge is 2.24. The van der Waals surface area contributed by atoms with Gasteiger partial charge in [0.1, 0.15) is 11.6 Å². The number of aromatic nitrogens is 3. The highest BCUT2D eigenvalue weighted by atomic mass is 32.2. The number of carbonyl (C=O) groups is 1. The molecule has 1 aliphatic heterocycles. The molecule has 1 aliphatic rings. The Hall–Kier alpha value is -1.89. The Kier molecular flexibility index (Phi) is 3.92. The van der Waals surface area contributed by atoms with Crippen molar-refractivity contribution in [3.8, 4) is 0 Å². The Balaban J connectivity index is 1.80. The van der Waals surface area contributed by atoms with Crippen LogP contribution in [-0.4, -0.2) is 26.8 Å². The fourth-order valence-electron chi connectivity index (χ4n) is 2.29. The average molecular weight is 306 g/mol. The molecule has 0 radical (unpaired) electrons. The zero-order valence-corrected chi connectivity index (χ0v) is 12.3. The number of aryl methyl sites for hydroxylation is 1. The number of benzene rings is 1. The number of nitrogens with zero attached hydrogens (tertiary/aromatic N) is 2. The molecule has 110 valence electrons. The fourth-order valence-corrected chi connectivity index (χ4v) is 3.40. The summed E-state index contributed by atoms with van der Waals surface area (Å²) in [6.45, 7) is 1.93. The maximum Gasteiger partial charge on any atom is 0.291 e. The Labute approximate surface area is 125 Å². The number of nitrogens with one attached hydrogen (secondary N) is 2. The molecule has 1 unspecified atom stereocenters. The summed E-state index contributed by atoms with van der Waals surface area (Å²) in [7, 11) is 0. The van der Waals surface area contributed by atoms with Crippen molar-refractivity contribution in [3.05, 3.63) is 41.2 Å². The van der Waals surface area contributed by atoms with Gasteiger partial charge in [-0.1, -0.05) is 6.92 Å². The van der Waals surface area contributed by atoms with Crippen molar-refractivity contribution >= 4 is 17.7 Å². The summed E-state index contributed by atoms with van der Waals surface area (Å²) in [5, 5.41) is 9.51. The Morgan fingerprint density at radius 3 is 3.19 bits per heavy atom. The highest BCUT2D eigenvalue weighted by molar-refractivity contribution is 7.99. The van der Waals surface area contributed by atoms with Crippen LogP contribution in [0, 0.1) is 5.82 Å². The number of hydrogen-bond acceptors (Lipinski definition) is 4. The molecule has 0 aliphatic carbocycles. The van der Waals surface area contributed by atoms with Crippen LogP contribution in [0.2, 0.25) is 0 Å². The lowest BCUT2D eigenvalue weighted by Gasteiger charge is -2.25. The van der Waals surface area contributed by atoms with Gasteiger partial charge in [0.25, 0.3) is 5.91 Å². The third-order valence-corrected chi connectivity index (χ3v) is 4.51. The van der Waals surface area contributed by atoms with E-state index in [0.717, 1.165) is 22.6 Å². The first-order valence-corrected chi connectivity index (χ1v) is 7.80. The van der Waals surface area contributed by atoms with Crippen LogP contribution in [0.1, 0.15) is 41.4 Å². The molecule has 0 spiro atoms. The van der Waals surface area contributed by atoms with Crippen LogP contribution in [0.3, 0.4) is 0 Å². The molecule has 0 saturated heterocycles. The number of thioether (sulfide) groups is 1. The van der Waals surface area contributed by atoms with Gasteiger partial charge in [-0.3, -0.25) is 9.89 Å². The maximum atomic E-state index is 13.4. The van der Waals surface area contributed by atoms with Crippen molar-refractivity contribution in [2.75, 3.05) is 5.75 Å². The first-order valence-electron chi connectivity index (χ1n) is 6.81. The van der Waals surface area contributed by atoms with E-state index in [0.29, 0.717) is 12.2 Å². The first kappa shape index (κ1) is 14.1. The van der Waals surface area contributed by atoms with E-state index in [9.17, 15) is 9.18 Å². The summed E-state index contributed by atoms with van der Waals surface area (Å²) in [6, 6.07) is 4.49. The third-order valence-electron chi connectivity index (χ3n) is 3.39. The quantitative estimate of drug-likeness (QED) is 0.914. The molecule has 21 heavy (non-hydrogen) atoms. The minimum Gasteiger partial charge on any atom is -0.342 e. The van der Waals surface area contributed by atoms with Crippen molar-refractivity contribution in [2.45, 2.75) is 30.7 Å². The van der Waals surface area contributed by atoms with Gasteiger partial charge in [-0.25, -0.2) is 9.37 Å². The number of aromatic amines is 1. The summed E-state index contributed by atoms with van der Waals surface area (Å²) >= 11 is 1.68. The number of fused-ring (bicyclic) bond motifs is 1. The SMILES string of the molecule is CCc1nc(C(=O)NC2CCSc3ccc(F)cc32)n[nH]1. The van der Waals surface area contributed by atoms with E-state index in [1.54, 1.807) is 17.8 Å². The summed E-state index contributed by atoms with van der Waals surface area (Å²) in [5.41, 5.74) is 0.825. The number of halogens is 1. The predicted molar refractivity (Wildman–Crippen MR) is 77.7 cm³/mol. The van der Waals surface area contributed by atoms with Gasteiger partial charge in [0, 0.05) is 17.1 Å². The van der Waals surface area contributed by atoms with E-state index in [4.69, 9.17) is 0 Å². The fraction of sp³-hybridized carbons (Fsp3) is 0.357. The molecule has 1 aromatic heterocycles. The first-order chi connectivity index (χ1) is 10.2. The van der Waals surface area contributed by atoms with Crippen molar-refractivity contribution in [1.29, 1.82) is 0 Å². The van der Waals surface area contributed by atoms with Crippen LogP contribution >= 0.6 is 11.8 Å². The Morgan fingerprint density at radius 2 is 2.43 bits per heavy atom. The smallest absolute Gasteiger partial charge is 0.291 e. The number of hydrogen-bond donors (Lipinski definition) is 2. The Morgan fingerprint density at radius 1 is 1.57 bits per heavy atom. The lowest BCUT2D eigenvalue weighted by molar-refractivity contribution is 0.0924. The predicted octanol–water partition coefficient (Wildman–Crippen LogP) is 2.47. The molecular formula is C14H15FN4OS. The summed E-state index contributed by atoms with van der Waals surface area (Å²) in [5.74, 6) is 1.06. The average Bonchev–Trinajstić information content (AvgIpc) is 2.97. The van der Waals surface area contributed by atoms with Gasteiger partial charge in [-0.05, 0) is 30.2 Å². The van der Waals surface area contributed by atoms with Gasteiger partial charge >= 0.3 is 0 Å². The topological polar surface area (TPSA) is 70.7 Å². The molecule has 1 atom stereocenters. The number of rotatable bonds is 3. The van der Waals surface area contributed by atoms with Crippen molar-refractivity contribution in [1.82, 2.24) is 20.5 Å². The van der Waals surface area contributed by atoms with E-state index < -0.39 is 0 Å². The van der Waals surface area contributed by atoms with E-state index in [2.05, 4.69) is 20.5 Å². The molecular weight excluding hydrogens is 291 g/mol. The van der Waals surface area contributed by atoms with E-state index in [1.165, 1.54) is 12.1 Å². The minimum absolute atomic E-state index is 0.128. The maximum absolute atomic E-state index is 13.4. The second kappa shape index (κ2) is 5.85. The van der Waals surface area contributed by atoms with Crippen LogP contribution in [0.5, 0.6) is 0 Å². The summed E-state index contributed by atoms with van der Waals surface area (Å²) < 4.78 is 13.4. The van der Waals surface area contributed by atoms with Gasteiger partial charge in [-0.2, -0.15) is 0 Å². The second-order valence-corrected chi connectivity index (χ2v) is 5.94. The summed E-state index contributed by atoms with van der Waals surface area (Å²) in [6.07, 6.45) is 1.45. The van der Waals surface area contributed by atoms with E-state index in [-0.39, 0.29) is 23.6 Å². The zero-order valence-electron chi connectivity index (χ0n) is 11.5. The monoisotopic (exact) mass is 306 g/mol. The van der Waals surface area contributed by atoms with Crippen LogP contribution in [0.15, 0.2) is 23.1 Å². The summed E-state index contributed by atoms with van der Waals surface area (Å²) in [4.78, 5) is 17.3. The molecule has 0 bridgehead atoms. The van der Waals surface area contributed by atoms with Crippen molar-refractivity contribution in [2.24, 2.45) is 0 Å². The van der Waals surface area contributed by atoms with Crippen LogP contribution in [-0.2, 0) is 6.42 Å². The van der Waals surface area contributed by atoms with Crippen molar-refractivity contribution in [3.63, 3.8) is 0 Å². The van der Waals surface area contributed by atoms with Crippen molar-refractivity contribution < 1.29 is 9.18 Å². The van der Waals surface area contributed by atoms with Gasteiger partial charge in [-0.15, -0.1) is 16.9 Å². The number of carbonyl (C=O) groups excluding carboxylic acids is 1. The molecule has 3 rings (SSSR count). The number of H-pyrrole nitrogens is 1.